The molecule has 7 heteroatoms. The monoisotopic (exact) mass is 299 g/mol. The van der Waals surface area contributed by atoms with Gasteiger partial charge in [0, 0.05) is 11.1 Å². The fraction of sp³-hybridized carbons (Fsp3) is 0.615. The molecule has 20 heavy (non-hydrogen) atoms. The number of esters is 1. The van der Waals surface area contributed by atoms with Gasteiger partial charge in [0.2, 0.25) is 0 Å². The predicted molar refractivity (Wildman–Crippen MR) is 79.0 cm³/mol. The number of thiazole rings is 1. The molecule has 2 amide bonds. The highest BCUT2D eigenvalue weighted by molar-refractivity contribution is 7.15. The number of carbonyl (C=O) groups is 2. The van der Waals surface area contributed by atoms with Gasteiger partial charge in [-0.25, -0.2) is 14.6 Å². The first-order chi connectivity index (χ1) is 9.21. The van der Waals surface area contributed by atoms with Gasteiger partial charge in [0.1, 0.15) is 11.6 Å². The number of nitrogens with one attached hydrogen (secondary N) is 2. The standard InChI is InChI=1S/C13H21N3O3S/c1-6-9-7-14-12(20-9)16-11(18)15-8(2)10(17)19-13(3,4)5/h7-8H,6H2,1-5H3,(H2,14,15,16,18)/t8-/m0/s1. The van der Waals surface area contributed by atoms with Crippen LogP contribution in [0.1, 0.15) is 39.5 Å². The summed E-state index contributed by atoms with van der Waals surface area (Å²) in [7, 11) is 0. The first kappa shape index (κ1) is 16.4. The maximum atomic E-state index is 11.7. The zero-order valence-corrected chi connectivity index (χ0v) is 13.3. The van der Waals surface area contributed by atoms with Gasteiger partial charge in [-0.3, -0.25) is 5.32 Å². The van der Waals surface area contributed by atoms with E-state index in [1.54, 1.807) is 33.9 Å². The number of hydrogen-bond donors (Lipinski definition) is 2. The number of urea groups is 1. The predicted octanol–water partition coefficient (Wildman–Crippen LogP) is 2.56. The summed E-state index contributed by atoms with van der Waals surface area (Å²) in [4.78, 5) is 28.6. The first-order valence-corrected chi connectivity index (χ1v) is 7.28. The second-order valence-electron chi connectivity index (χ2n) is 5.34. The topological polar surface area (TPSA) is 80.3 Å². The van der Waals surface area contributed by atoms with Crippen molar-refractivity contribution < 1.29 is 14.3 Å². The molecule has 0 saturated carbocycles. The Morgan fingerprint density at radius 3 is 2.60 bits per heavy atom. The second kappa shape index (κ2) is 6.69. The van der Waals surface area contributed by atoms with Gasteiger partial charge in [0.15, 0.2) is 5.13 Å². The zero-order valence-electron chi connectivity index (χ0n) is 12.4. The summed E-state index contributed by atoms with van der Waals surface area (Å²) in [5.41, 5.74) is -0.575. The number of hydrogen-bond acceptors (Lipinski definition) is 5. The molecule has 0 aliphatic carbocycles. The lowest BCUT2D eigenvalue weighted by atomic mass is 10.2. The lowest BCUT2D eigenvalue weighted by Crippen LogP contribution is -2.43. The lowest BCUT2D eigenvalue weighted by molar-refractivity contribution is -0.156. The van der Waals surface area contributed by atoms with Gasteiger partial charge < -0.3 is 10.1 Å². The van der Waals surface area contributed by atoms with Gasteiger partial charge in [-0.2, -0.15) is 0 Å². The van der Waals surface area contributed by atoms with Gasteiger partial charge in [-0.1, -0.05) is 6.92 Å². The summed E-state index contributed by atoms with van der Waals surface area (Å²) in [6, 6.07) is -1.19. The third-order valence-corrected chi connectivity index (χ3v) is 3.29. The molecule has 6 nitrogen and oxygen atoms in total. The molecule has 0 aromatic carbocycles. The normalized spacial score (nSPS) is 12.7. The van der Waals surface area contributed by atoms with E-state index in [4.69, 9.17) is 4.74 Å². The maximum Gasteiger partial charge on any atom is 0.328 e. The molecule has 0 radical (unpaired) electrons. The summed E-state index contributed by atoms with van der Waals surface area (Å²) in [6.07, 6.45) is 2.59. The van der Waals surface area contributed by atoms with Crippen molar-refractivity contribution in [3.63, 3.8) is 0 Å². The minimum Gasteiger partial charge on any atom is -0.458 e. The van der Waals surface area contributed by atoms with E-state index < -0.39 is 23.6 Å². The molecule has 0 aliphatic heterocycles. The smallest absolute Gasteiger partial charge is 0.328 e. The molecule has 0 bridgehead atoms. The molecule has 1 rings (SSSR count). The van der Waals surface area contributed by atoms with E-state index in [1.807, 2.05) is 6.92 Å². The van der Waals surface area contributed by atoms with Crippen LogP contribution < -0.4 is 10.6 Å². The number of carbonyl (C=O) groups excluding carboxylic acids is 2. The number of aryl methyl sites for hydroxylation is 1. The number of aromatic nitrogens is 1. The third kappa shape index (κ3) is 5.56. The number of anilines is 1. The van der Waals surface area contributed by atoms with Crippen molar-refractivity contribution in [3.8, 4) is 0 Å². The van der Waals surface area contributed by atoms with E-state index in [0.29, 0.717) is 5.13 Å². The minimum absolute atomic E-state index is 0.471. The molecular formula is C13H21N3O3S. The number of amides is 2. The maximum absolute atomic E-state index is 11.7. The van der Waals surface area contributed by atoms with Crippen LogP contribution in [0.25, 0.3) is 0 Å². The van der Waals surface area contributed by atoms with E-state index in [1.165, 1.54) is 11.3 Å². The van der Waals surface area contributed by atoms with Gasteiger partial charge in [-0.15, -0.1) is 11.3 Å². The average Bonchev–Trinajstić information content (AvgIpc) is 2.74. The largest absolute Gasteiger partial charge is 0.458 e. The molecule has 2 N–H and O–H groups in total. The van der Waals surface area contributed by atoms with Crippen LogP contribution in [0.3, 0.4) is 0 Å². The van der Waals surface area contributed by atoms with Gasteiger partial charge in [-0.05, 0) is 34.1 Å². The van der Waals surface area contributed by atoms with E-state index in [0.717, 1.165) is 11.3 Å². The van der Waals surface area contributed by atoms with Crippen LogP contribution in [0.15, 0.2) is 6.20 Å². The Kier molecular flexibility index (Phi) is 5.50. The molecule has 0 fully saturated rings. The van der Waals surface area contributed by atoms with Crippen LogP contribution in [0, 0.1) is 0 Å². The molecule has 1 atom stereocenters. The van der Waals surface area contributed by atoms with Crippen molar-refractivity contribution in [1.29, 1.82) is 0 Å². The number of ether oxygens (including phenoxy) is 1. The minimum atomic E-state index is -0.722. The fourth-order valence-corrected chi connectivity index (χ4v) is 2.05. The summed E-state index contributed by atoms with van der Waals surface area (Å²) < 4.78 is 5.18. The van der Waals surface area contributed by atoms with Crippen molar-refractivity contribution in [2.75, 3.05) is 5.32 Å². The number of rotatable bonds is 4. The van der Waals surface area contributed by atoms with E-state index in [-0.39, 0.29) is 0 Å². The number of nitrogens with zero attached hydrogens (tertiary/aromatic N) is 1. The van der Waals surface area contributed by atoms with Crippen LogP contribution in [0.5, 0.6) is 0 Å². The Morgan fingerprint density at radius 1 is 1.45 bits per heavy atom. The highest BCUT2D eigenvalue weighted by Gasteiger charge is 2.23. The summed E-state index contributed by atoms with van der Waals surface area (Å²) in [6.45, 7) is 8.92. The Bertz CT molecular complexity index is 479. The van der Waals surface area contributed by atoms with Crippen LogP contribution in [0.4, 0.5) is 9.93 Å². The SMILES string of the molecule is CCc1cnc(NC(=O)N[C@@H](C)C(=O)OC(C)(C)C)s1. The molecule has 0 saturated heterocycles. The van der Waals surface area contributed by atoms with E-state index in [2.05, 4.69) is 15.6 Å². The quantitative estimate of drug-likeness (QED) is 0.837. The molecular weight excluding hydrogens is 278 g/mol. The Morgan fingerprint density at radius 2 is 2.10 bits per heavy atom. The van der Waals surface area contributed by atoms with Crippen molar-refractivity contribution in [1.82, 2.24) is 10.3 Å². The van der Waals surface area contributed by atoms with Crippen molar-refractivity contribution >= 4 is 28.5 Å². The zero-order chi connectivity index (χ0) is 15.3. The van der Waals surface area contributed by atoms with E-state index in [9.17, 15) is 9.59 Å². The Balaban J connectivity index is 2.47. The third-order valence-electron chi connectivity index (χ3n) is 2.23. The van der Waals surface area contributed by atoms with Gasteiger partial charge in [0.25, 0.3) is 0 Å². The molecule has 112 valence electrons. The van der Waals surface area contributed by atoms with E-state index >= 15 is 0 Å². The lowest BCUT2D eigenvalue weighted by Gasteiger charge is -2.22. The molecule has 0 aliphatic rings. The molecule has 0 spiro atoms. The first-order valence-electron chi connectivity index (χ1n) is 6.46. The fourth-order valence-electron chi connectivity index (χ4n) is 1.31. The Labute approximate surface area is 122 Å². The van der Waals surface area contributed by atoms with Gasteiger partial charge in [0.05, 0.1) is 0 Å². The van der Waals surface area contributed by atoms with Crippen molar-refractivity contribution in [3.05, 3.63) is 11.1 Å². The van der Waals surface area contributed by atoms with Crippen molar-refractivity contribution in [2.45, 2.75) is 52.7 Å². The summed E-state index contributed by atoms with van der Waals surface area (Å²) in [5.74, 6) is -0.471. The molecule has 1 aromatic rings. The van der Waals surface area contributed by atoms with Crippen LogP contribution in [-0.4, -0.2) is 28.6 Å². The highest BCUT2D eigenvalue weighted by atomic mass is 32.1. The summed E-state index contributed by atoms with van der Waals surface area (Å²) >= 11 is 1.41. The van der Waals surface area contributed by atoms with Gasteiger partial charge >= 0.3 is 12.0 Å². The van der Waals surface area contributed by atoms with Crippen molar-refractivity contribution in [2.24, 2.45) is 0 Å². The second-order valence-corrected chi connectivity index (χ2v) is 6.45. The molecule has 1 heterocycles. The average molecular weight is 299 g/mol. The Hall–Kier alpha value is -1.63. The van der Waals surface area contributed by atoms with Crippen LogP contribution >= 0.6 is 11.3 Å². The van der Waals surface area contributed by atoms with Crippen LogP contribution in [-0.2, 0) is 16.0 Å². The highest BCUT2D eigenvalue weighted by Crippen LogP contribution is 2.18. The molecule has 0 unspecified atom stereocenters. The van der Waals surface area contributed by atoms with Crippen LogP contribution in [0.2, 0.25) is 0 Å². The summed E-state index contributed by atoms with van der Waals surface area (Å²) in [5, 5.41) is 5.62. The molecule has 1 aromatic heterocycles.